The number of carbonyl (C=O) groups is 1. The lowest BCUT2D eigenvalue weighted by molar-refractivity contribution is -0.137. The topological polar surface area (TPSA) is 42.1 Å². The number of nitrogens with one attached hydrogen (secondary N) is 1. The molecule has 0 bridgehead atoms. The molecule has 1 aromatic heterocycles. The van der Waals surface area contributed by atoms with Crippen LogP contribution in [0.1, 0.15) is 19.4 Å². The van der Waals surface area contributed by atoms with Gasteiger partial charge in [-0.2, -0.15) is 0 Å². The van der Waals surface area contributed by atoms with Crippen molar-refractivity contribution in [2.24, 2.45) is 0 Å². The van der Waals surface area contributed by atoms with Crippen LogP contribution >= 0.6 is 0 Å². The van der Waals surface area contributed by atoms with Gasteiger partial charge in [0.2, 0.25) is 0 Å². The van der Waals surface area contributed by atoms with Gasteiger partial charge in [0, 0.05) is 23.2 Å². The second-order valence-electron chi connectivity index (χ2n) is 4.26. The molecule has 0 saturated carbocycles. The van der Waals surface area contributed by atoms with Gasteiger partial charge in [0.15, 0.2) is 0 Å². The Morgan fingerprint density at radius 3 is 2.95 bits per heavy atom. The third-order valence-corrected chi connectivity index (χ3v) is 2.78. The summed E-state index contributed by atoms with van der Waals surface area (Å²) in [5.74, 6) is -0.302. The molecule has 0 spiro atoms. The summed E-state index contributed by atoms with van der Waals surface area (Å²) < 4.78 is 4.86. The highest BCUT2D eigenvalue weighted by Gasteiger charge is 1.99. The Kier molecular flexibility index (Phi) is 4.18. The Morgan fingerprint density at radius 2 is 2.16 bits per heavy atom. The summed E-state index contributed by atoms with van der Waals surface area (Å²) in [4.78, 5) is 14.5. The first kappa shape index (κ1) is 13.1. The molecule has 0 amide bonds. The van der Waals surface area contributed by atoms with E-state index in [9.17, 15) is 4.79 Å². The maximum absolute atomic E-state index is 11.3. The van der Waals surface area contributed by atoms with E-state index in [4.69, 9.17) is 4.74 Å². The van der Waals surface area contributed by atoms with Crippen molar-refractivity contribution in [1.29, 1.82) is 0 Å². The van der Waals surface area contributed by atoms with E-state index in [0.717, 1.165) is 16.7 Å². The van der Waals surface area contributed by atoms with Crippen LogP contribution in [0.3, 0.4) is 0 Å². The van der Waals surface area contributed by atoms with Crippen molar-refractivity contribution in [2.45, 2.75) is 13.8 Å². The molecule has 0 aliphatic rings. The minimum absolute atomic E-state index is 0.302. The number of benzene rings is 1. The van der Waals surface area contributed by atoms with Gasteiger partial charge < -0.3 is 9.72 Å². The number of para-hydroxylation sites is 1. The van der Waals surface area contributed by atoms with Crippen LogP contribution < -0.4 is 0 Å². The fraction of sp³-hybridized carbons (Fsp3) is 0.188. The number of rotatable bonds is 4. The summed E-state index contributed by atoms with van der Waals surface area (Å²) in [6.07, 6.45) is 7.35. The molecule has 2 aromatic rings. The zero-order valence-corrected chi connectivity index (χ0v) is 11.1. The van der Waals surface area contributed by atoms with Crippen molar-refractivity contribution >= 4 is 22.9 Å². The number of carbonyl (C=O) groups excluding carboxylic acids is 1. The average molecular weight is 255 g/mol. The molecule has 0 aliphatic heterocycles. The number of hydrogen-bond acceptors (Lipinski definition) is 2. The van der Waals surface area contributed by atoms with Crippen LogP contribution in [0.5, 0.6) is 0 Å². The van der Waals surface area contributed by atoms with Crippen molar-refractivity contribution in [1.82, 2.24) is 4.98 Å². The van der Waals surface area contributed by atoms with Crippen LogP contribution in [0.25, 0.3) is 17.0 Å². The smallest absolute Gasteiger partial charge is 0.330 e. The Bertz CT molecular complexity index is 635. The Labute approximate surface area is 112 Å². The summed E-state index contributed by atoms with van der Waals surface area (Å²) >= 11 is 0. The van der Waals surface area contributed by atoms with Gasteiger partial charge in [-0.3, -0.25) is 0 Å². The lowest BCUT2D eigenvalue weighted by Crippen LogP contribution is -1.99. The highest BCUT2D eigenvalue weighted by Crippen LogP contribution is 2.19. The summed E-state index contributed by atoms with van der Waals surface area (Å²) in [5.41, 5.74) is 3.07. The zero-order chi connectivity index (χ0) is 13.7. The van der Waals surface area contributed by atoms with Crippen LogP contribution in [0.2, 0.25) is 0 Å². The summed E-state index contributed by atoms with van der Waals surface area (Å²) in [6, 6.07) is 8.11. The molecule has 0 fully saturated rings. The minimum Gasteiger partial charge on any atom is -0.463 e. The highest BCUT2D eigenvalue weighted by atomic mass is 16.5. The molecule has 1 heterocycles. The van der Waals surface area contributed by atoms with Crippen molar-refractivity contribution in [2.75, 3.05) is 6.61 Å². The number of fused-ring (bicyclic) bond motifs is 1. The molecule has 0 radical (unpaired) electrons. The number of esters is 1. The van der Waals surface area contributed by atoms with E-state index in [2.05, 4.69) is 11.1 Å². The van der Waals surface area contributed by atoms with E-state index in [1.807, 2.05) is 43.5 Å². The molecule has 0 atom stereocenters. The number of H-pyrrole nitrogens is 1. The van der Waals surface area contributed by atoms with E-state index in [1.54, 1.807) is 6.92 Å². The van der Waals surface area contributed by atoms with E-state index in [1.165, 1.54) is 11.5 Å². The number of allylic oxidation sites excluding steroid dienone is 2. The van der Waals surface area contributed by atoms with Crippen LogP contribution in [-0.4, -0.2) is 17.6 Å². The first-order valence-corrected chi connectivity index (χ1v) is 6.30. The van der Waals surface area contributed by atoms with Crippen LogP contribution in [0.15, 0.2) is 48.2 Å². The lowest BCUT2D eigenvalue weighted by atomic mass is 10.1. The lowest BCUT2D eigenvalue weighted by Gasteiger charge is -1.96. The quantitative estimate of drug-likeness (QED) is 0.514. The first-order valence-electron chi connectivity index (χ1n) is 6.30. The SMILES string of the molecule is CCOC(=O)C=C(C)/C=C/c1c[nH]c2ccccc12. The van der Waals surface area contributed by atoms with Gasteiger partial charge in [-0.25, -0.2) is 4.79 Å². The molecule has 0 unspecified atom stereocenters. The number of ether oxygens (including phenoxy) is 1. The average Bonchev–Trinajstić information content (AvgIpc) is 2.80. The molecule has 98 valence electrons. The molecule has 0 aliphatic carbocycles. The predicted molar refractivity (Wildman–Crippen MR) is 77.7 cm³/mol. The van der Waals surface area contributed by atoms with E-state index in [-0.39, 0.29) is 5.97 Å². The molecular weight excluding hydrogens is 238 g/mol. The van der Waals surface area contributed by atoms with Crippen molar-refractivity contribution in [3.05, 3.63) is 53.8 Å². The normalized spacial score (nSPS) is 12.2. The predicted octanol–water partition coefficient (Wildman–Crippen LogP) is 3.69. The maximum atomic E-state index is 11.3. The molecule has 19 heavy (non-hydrogen) atoms. The van der Waals surface area contributed by atoms with Crippen molar-refractivity contribution in [3.63, 3.8) is 0 Å². The molecule has 2 rings (SSSR count). The first-order chi connectivity index (χ1) is 9.20. The molecular formula is C16H17NO2. The Hall–Kier alpha value is -2.29. The highest BCUT2D eigenvalue weighted by molar-refractivity contribution is 5.89. The van der Waals surface area contributed by atoms with Gasteiger partial charge in [-0.1, -0.05) is 30.4 Å². The fourth-order valence-electron chi connectivity index (χ4n) is 1.87. The molecule has 3 nitrogen and oxygen atoms in total. The van der Waals surface area contributed by atoms with Gasteiger partial charge in [0.25, 0.3) is 0 Å². The summed E-state index contributed by atoms with van der Waals surface area (Å²) in [5, 5.41) is 1.17. The largest absolute Gasteiger partial charge is 0.463 e. The van der Waals surface area contributed by atoms with E-state index in [0.29, 0.717) is 6.61 Å². The molecule has 0 saturated heterocycles. The van der Waals surface area contributed by atoms with Gasteiger partial charge in [-0.05, 0) is 31.1 Å². The maximum Gasteiger partial charge on any atom is 0.330 e. The fourth-order valence-corrected chi connectivity index (χ4v) is 1.87. The van der Waals surface area contributed by atoms with Crippen LogP contribution in [0, 0.1) is 0 Å². The number of aromatic amines is 1. The Morgan fingerprint density at radius 1 is 1.37 bits per heavy atom. The summed E-state index contributed by atoms with van der Waals surface area (Å²) in [7, 11) is 0. The second-order valence-corrected chi connectivity index (χ2v) is 4.26. The van der Waals surface area contributed by atoms with Gasteiger partial charge in [0.1, 0.15) is 0 Å². The third-order valence-electron chi connectivity index (χ3n) is 2.78. The number of aromatic nitrogens is 1. The second kappa shape index (κ2) is 6.05. The molecule has 1 aromatic carbocycles. The number of hydrogen-bond donors (Lipinski definition) is 1. The Balaban J connectivity index is 2.16. The van der Waals surface area contributed by atoms with E-state index >= 15 is 0 Å². The minimum atomic E-state index is -0.302. The van der Waals surface area contributed by atoms with Gasteiger partial charge in [0.05, 0.1) is 6.61 Å². The summed E-state index contributed by atoms with van der Waals surface area (Å²) in [6.45, 7) is 4.07. The van der Waals surface area contributed by atoms with Crippen molar-refractivity contribution in [3.8, 4) is 0 Å². The zero-order valence-electron chi connectivity index (χ0n) is 11.1. The standard InChI is InChI=1S/C16H17NO2/c1-3-19-16(18)10-12(2)8-9-13-11-17-15-7-5-4-6-14(13)15/h4-11,17H,3H2,1-2H3/b9-8+,12-10?. The van der Waals surface area contributed by atoms with Crippen LogP contribution in [-0.2, 0) is 9.53 Å². The van der Waals surface area contributed by atoms with Crippen molar-refractivity contribution < 1.29 is 9.53 Å². The third kappa shape index (κ3) is 3.35. The molecule has 1 N–H and O–H groups in total. The van der Waals surface area contributed by atoms with E-state index < -0.39 is 0 Å². The van der Waals surface area contributed by atoms with Gasteiger partial charge >= 0.3 is 5.97 Å². The monoisotopic (exact) mass is 255 g/mol. The van der Waals surface area contributed by atoms with Gasteiger partial charge in [-0.15, -0.1) is 0 Å². The van der Waals surface area contributed by atoms with Crippen LogP contribution in [0.4, 0.5) is 0 Å². The molecule has 3 heteroatoms.